The van der Waals surface area contributed by atoms with Crippen LogP contribution in [-0.2, 0) is 9.53 Å². The Morgan fingerprint density at radius 1 is 1.22 bits per heavy atom. The molecule has 1 unspecified atom stereocenters. The minimum atomic E-state index is -1.02. The number of ether oxygens (including phenoxy) is 2. The quantitative estimate of drug-likeness (QED) is 0.621. The highest BCUT2D eigenvalue weighted by Crippen LogP contribution is 2.24. The van der Waals surface area contributed by atoms with Crippen LogP contribution >= 0.6 is 15.9 Å². The molecular weight excluding hydrogens is 412 g/mol. The Bertz CT molecular complexity index is 849. The fourth-order valence-corrected chi connectivity index (χ4v) is 2.83. The molecule has 0 aliphatic heterocycles. The Balaban J connectivity index is 2.17. The van der Waals surface area contributed by atoms with Gasteiger partial charge >= 0.3 is 5.97 Å². The summed E-state index contributed by atoms with van der Waals surface area (Å²) in [5.74, 6) is -0.539. The van der Waals surface area contributed by atoms with Crippen LogP contribution in [-0.4, -0.2) is 31.6 Å². The van der Waals surface area contributed by atoms with Gasteiger partial charge in [-0.1, -0.05) is 18.2 Å². The van der Waals surface area contributed by atoms with Crippen molar-refractivity contribution in [3.8, 4) is 11.8 Å². The van der Waals surface area contributed by atoms with E-state index in [1.54, 1.807) is 36.4 Å². The van der Waals surface area contributed by atoms with Crippen molar-refractivity contribution in [3.63, 3.8) is 0 Å². The molecule has 7 heteroatoms. The second-order valence-corrected chi connectivity index (χ2v) is 6.48. The Morgan fingerprint density at radius 3 is 2.56 bits per heavy atom. The maximum atomic E-state index is 12.8. The van der Waals surface area contributed by atoms with Crippen molar-refractivity contribution in [2.45, 2.75) is 19.4 Å². The van der Waals surface area contributed by atoms with E-state index in [1.165, 1.54) is 25.0 Å². The van der Waals surface area contributed by atoms with Gasteiger partial charge in [0.15, 0.2) is 6.10 Å². The van der Waals surface area contributed by atoms with Crippen LogP contribution in [0.2, 0.25) is 0 Å². The van der Waals surface area contributed by atoms with E-state index >= 15 is 0 Å². The van der Waals surface area contributed by atoms with E-state index in [0.717, 1.165) is 0 Å². The van der Waals surface area contributed by atoms with Crippen molar-refractivity contribution in [3.05, 3.63) is 58.6 Å². The summed E-state index contributed by atoms with van der Waals surface area (Å²) in [5, 5.41) is 8.87. The van der Waals surface area contributed by atoms with Crippen LogP contribution in [0.15, 0.2) is 53.0 Å². The molecule has 1 atom stereocenters. The number of para-hydroxylation sites is 1. The number of amides is 1. The first kappa shape index (κ1) is 20.5. The fourth-order valence-electron chi connectivity index (χ4n) is 2.42. The van der Waals surface area contributed by atoms with E-state index in [0.29, 0.717) is 15.9 Å². The van der Waals surface area contributed by atoms with Crippen LogP contribution in [0.25, 0.3) is 0 Å². The van der Waals surface area contributed by atoms with Crippen molar-refractivity contribution in [1.29, 1.82) is 5.26 Å². The average Bonchev–Trinajstić information content (AvgIpc) is 2.69. The maximum absolute atomic E-state index is 12.8. The molecule has 140 valence electrons. The molecule has 0 saturated heterocycles. The molecule has 0 bridgehead atoms. The van der Waals surface area contributed by atoms with Crippen molar-refractivity contribution >= 4 is 33.5 Å². The first-order chi connectivity index (χ1) is 13.0. The Labute approximate surface area is 166 Å². The van der Waals surface area contributed by atoms with Gasteiger partial charge in [-0.2, -0.15) is 5.26 Å². The second kappa shape index (κ2) is 9.74. The van der Waals surface area contributed by atoms with Crippen LogP contribution < -0.4 is 9.64 Å². The third-order valence-corrected chi connectivity index (χ3v) is 4.50. The van der Waals surface area contributed by atoms with Crippen LogP contribution in [0.4, 0.5) is 5.69 Å². The predicted octanol–water partition coefficient (Wildman–Crippen LogP) is 3.95. The maximum Gasteiger partial charge on any atom is 0.340 e. The van der Waals surface area contributed by atoms with Gasteiger partial charge in [0.05, 0.1) is 25.2 Å². The molecule has 0 saturated carbocycles. The zero-order valence-corrected chi connectivity index (χ0v) is 16.6. The summed E-state index contributed by atoms with van der Waals surface area (Å²) in [5.41, 5.74) is 0.903. The monoisotopic (exact) mass is 430 g/mol. The highest BCUT2D eigenvalue weighted by Gasteiger charge is 2.26. The van der Waals surface area contributed by atoms with E-state index in [9.17, 15) is 9.59 Å². The predicted molar refractivity (Wildman–Crippen MR) is 105 cm³/mol. The van der Waals surface area contributed by atoms with Crippen molar-refractivity contribution in [1.82, 2.24) is 0 Å². The molecule has 0 aromatic heterocycles. The fraction of sp³-hybridized carbons (Fsp3) is 0.250. The minimum Gasteiger partial charge on any atom is -0.497 e. The lowest BCUT2D eigenvalue weighted by Gasteiger charge is -2.25. The van der Waals surface area contributed by atoms with E-state index in [4.69, 9.17) is 14.7 Å². The standard InChI is InChI=1S/C20H19BrN2O4/c1-14(27-20(25)17-13-16(26-2)9-10-18(17)21)19(24)23(12-6-11-22)15-7-4-3-5-8-15/h3-5,7-10,13-14H,6,12H2,1-2H3. The smallest absolute Gasteiger partial charge is 0.340 e. The number of esters is 1. The first-order valence-corrected chi connectivity index (χ1v) is 9.05. The average molecular weight is 431 g/mol. The summed E-state index contributed by atoms with van der Waals surface area (Å²) in [4.78, 5) is 26.8. The first-order valence-electron chi connectivity index (χ1n) is 8.25. The highest BCUT2D eigenvalue weighted by atomic mass is 79.9. The van der Waals surface area contributed by atoms with Gasteiger partial charge in [-0.25, -0.2) is 4.79 Å². The lowest BCUT2D eigenvalue weighted by Crippen LogP contribution is -2.40. The lowest BCUT2D eigenvalue weighted by molar-refractivity contribution is -0.126. The van der Waals surface area contributed by atoms with Crippen molar-refractivity contribution in [2.75, 3.05) is 18.6 Å². The molecule has 0 aliphatic carbocycles. The van der Waals surface area contributed by atoms with Crippen LogP contribution in [0.3, 0.4) is 0 Å². The van der Waals surface area contributed by atoms with E-state index in [-0.39, 0.29) is 18.5 Å². The third kappa shape index (κ3) is 5.31. The molecule has 1 amide bonds. The van der Waals surface area contributed by atoms with Gasteiger partial charge in [0.25, 0.3) is 5.91 Å². The number of carbonyl (C=O) groups is 2. The molecule has 27 heavy (non-hydrogen) atoms. The lowest BCUT2D eigenvalue weighted by atomic mass is 10.2. The Kier molecular flexibility index (Phi) is 7.38. The minimum absolute atomic E-state index is 0.169. The van der Waals surface area contributed by atoms with E-state index < -0.39 is 18.0 Å². The molecule has 0 fully saturated rings. The molecule has 6 nitrogen and oxygen atoms in total. The number of anilines is 1. The van der Waals surface area contributed by atoms with Gasteiger partial charge in [0.2, 0.25) is 0 Å². The molecule has 0 N–H and O–H groups in total. The van der Waals surface area contributed by atoms with E-state index in [2.05, 4.69) is 15.9 Å². The summed E-state index contributed by atoms with van der Waals surface area (Å²) in [7, 11) is 1.50. The molecule has 0 radical (unpaired) electrons. The number of rotatable bonds is 7. The number of carbonyl (C=O) groups excluding carboxylic acids is 2. The number of hydrogen-bond acceptors (Lipinski definition) is 5. The number of nitrogens with zero attached hydrogens (tertiary/aromatic N) is 2. The second-order valence-electron chi connectivity index (χ2n) is 5.63. The van der Waals surface area contributed by atoms with Gasteiger partial charge in [0, 0.05) is 16.7 Å². The molecule has 0 aliphatic rings. The van der Waals surface area contributed by atoms with Gasteiger partial charge in [0.1, 0.15) is 5.75 Å². The van der Waals surface area contributed by atoms with Gasteiger partial charge in [-0.05, 0) is 53.2 Å². The Hall–Kier alpha value is -2.85. The van der Waals surface area contributed by atoms with Crippen LogP contribution in [0, 0.1) is 11.3 Å². The zero-order valence-electron chi connectivity index (χ0n) is 15.0. The van der Waals surface area contributed by atoms with Crippen molar-refractivity contribution in [2.24, 2.45) is 0 Å². The molecule has 2 aromatic rings. The summed E-state index contributed by atoms with van der Waals surface area (Å²) in [6.07, 6.45) is -0.850. The van der Waals surface area contributed by atoms with Crippen LogP contribution in [0.5, 0.6) is 5.75 Å². The highest BCUT2D eigenvalue weighted by molar-refractivity contribution is 9.10. The van der Waals surface area contributed by atoms with Gasteiger partial charge in [-0.15, -0.1) is 0 Å². The summed E-state index contributed by atoms with van der Waals surface area (Å²) in [6, 6.07) is 15.9. The summed E-state index contributed by atoms with van der Waals surface area (Å²) >= 11 is 3.30. The van der Waals surface area contributed by atoms with E-state index in [1.807, 2.05) is 12.1 Å². The van der Waals surface area contributed by atoms with Gasteiger partial charge in [-0.3, -0.25) is 4.79 Å². The van der Waals surface area contributed by atoms with Crippen LogP contribution in [0.1, 0.15) is 23.7 Å². The third-order valence-electron chi connectivity index (χ3n) is 3.81. The number of halogens is 1. The summed E-state index contributed by atoms with van der Waals surface area (Å²) in [6.45, 7) is 1.72. The molecular formula is C20H19BrN2O4. The molecule has 2 aromatic carbocycles. The van der Waals surface area contributed by atoms with Gasteiger partial charge < -0.3 is 14.4 Å². The summed E-state index contributed by atoms with van der Waals surface area (Å²) < 4.78 is 11.0. The number of methoxy groups -OCH3 is 1. The zero-order chi connectivity index (χ0) is 19.8. The largest absolute Gasteiger partial charge is 0.497 e. The van der Waals surface area contributed by atoms with Crippen molar-refractivity contribution < 1.29 is 19.1 Å². The molecule has 0 heterocycles. The topological polar surface area (TPSA) is 79.6 Å². The number of benzene rings is 2. The number of hydrogen-bond donors (Lipinski definition) is 0. The molecule has 0 spiro atoms. The number of nitriles is 1. The normalized spacial score (nSPS) is 11.2. The SMILES string of the molecule is COc1ccc(Br)c(C(=O)OC(C)C(=O)N(CCC#N)c2ccccc2)c1. The molecule has 2 rings (SSSR count). The Morgan fingerprint density at radius 2 is 1.93 bits per heavy atom.